The summed E-state index contributed by atoms with van der Waals surface area (Å²) in [4.78, 5) is 26.0. The van der Waals surface area contributed by atoms with E-state index in [0.29, 0.717) is 48.4 Å². The second-order valence-corrected chi connectivity index (χ2v) is 4.65. The van der Waals surface area contributed by atoms with Crippen LogP contribution in [-0.2, 0) is 0 Å². The number of carbonyl (C=O) groups excluding carboxylic acids is 1. The lowest BCUT2D eigenvalue weighted by Crippen LogP contribution is -2.32. The Balaban J connectivity index is 1.72. The quantitative estimate of drug-likeness (QED) is 0.852. The van der Waals surface area contributed by atoms with Crippen LogP contribution in [0.2, 0.25) is 0 Å². The predicted octanol–water partition coefficient (Wildman–Crippen LogP) is 0.672. The van der Waals surface area contributed by atoms with Gasteiger partial charge in [0.15, 0.2) is 17.2 Å². The van der Waals surface area contributed by atoms with E-state index in [2.05, 4.69) is 25.6 Å². The van der Waals surface area contributed by atoms with Gasteiger partial charge in [0.25, 0.3) is 5.71 Å². The summed E-state index contributed by atoms with van der Waals surface area (Å²) in [6, 6.07) is -0.0203. The Morgan fingerprint density at radius 1 is 1.35 bits per heavy atom. The molecule has 20 heavy (non-hydrogen) atoms. The van der Waals surface area contributed by atoms with E-state index in [9.17, 15) is 4.79 Å². The Morgan fingerprint density at radius 3 is 2.95 bits per heavy atom. The molecule has 1 fully saturated rings. The summed E-state index contributed by atoms with van der Waals surface area (Å²) in [6.45, 7) is 6.24. The first kappa shape index (κ1) is 12.6. The van der Waals surface area contributed by atoms with Crippen molar-refractivity contribution in [2.75, 3.05) is 31.5 Å². The molecule has 0 aromatic carbocycles. The van der Waals surface area contributed by atoms with Crippen molar-refractivity contribution in [3.05, 3.63) is 11.7 Å². The molecule has 2 amide bonds. The number of aromatic nitrogens is 3. The molecule has 0 radical (unpaired) electrons. The molecule has 0 unspecified atom stereocenters. The minimum Gasteiger partial charge on any atom is -0.422 e. The first-order chi connectivity index (χ1) is 9.63. The highest BCUT2D eigenvalue weighted by atomic mass is 16.4. The van der Waals surface area contributed by atoms with Gasteiger partial charge in [-0.25, -0.2) is 14.8 Å². The number of rotatable bonds is 4. The lowest BCUT2D eigenvalue weighted by Gasteiger charge is -2.14. The maximum absolute atomic E-state index is 11.4. The minimum absolute atomic E-state index is 0.0203. The predicted molar refractivity (Wildman–Crippen MR) is 72.5 cm³/mol. The summed E-state index contributed by atoms with van der Waals surface area (Å²) in [5.41, 5.74) is 1.11. The molecule has 2 aromatic rings. The first-order valence-corrected chi connectivity index (χ1v) is 6.52. The van der Waals surface area contributed by atoms with E-state index >= 15 is 0 Å². The van der Waals surface area contributed by atoms with Crippen molar-refractivity contribution >= 4 is 23.1 Å². The topological polar surface area (TPSA) is 96.2 Å². The maximum atomic E-state index is 11.4. The number of oxazole rings is 1. The zero-order chi connectivity index (χ0) is 14.1. The monoisotopic (exact) mass is 276 g/mol. The van der Waals surface area contributed by atoms with Crippen LogP contribution >= 0.6 is 0 Å². The fraction of sp³-hybridized carbons (Fsp3) is 0.500. The molecule has 0 bridgehead atoms. The van der Waals surface area contributed by atoms with Crippen LogP contribution < -0.4 is 10.6 Å². The van der Waals surface area contributed by atoms with Gasteiger partial charge in [-0.1, -0.05) is 0 Å². The van der Waals surface area contributed by atoms with Gasteiger partial charge in [-0.2, -0.15) is 4.98 Å². The van der Waals surface area contributed by atoms with E-state index in [-0.39, 0.29) is 6.03 Å². The molecular formula is C12H16N6O2. The van der Waals surface area contributed by atoms with Crippen molar-refractivity contribution in [3.8, 4) is 0 Å². The lowest BCUT2D eigenvalue weighted by molar-refractivity contribution is 0.219. The van der Waals surface area contributed by atoms with E-state index in [1.807, 2.05) is 0 Å². The molecule has 1 aliphatic rings. The van der Waals surface area contributed by atoms with Gasteiger partial charge in [0.05, 0.1) is 0 Å². The second-order valence-electron chi connectivity index (χ2n) is 4.65. The minimum atomic E-state index is -0.0203. The van der Waals surface area contributed by atoms with Crippen LogP contribution in [0.4, 0.5) is 10.6 Å². The number of urea groups is 1. The molecule has 0 aliphatic carbocycles. The highest BCUT2D eigenvalue weighted by molar-refractivity contribution is 5.81. The Labute approximate surface area is 115 Å². The van der Waals surface area contributed by atoms with Gasteiger partial charge in [-0.15, -0.1) is 0 Å². The third-order valence-electron chi connectivity index (χ3n) is 3.10. The zero-order valence-corrected chi connectivity index (χ0v) is 11.4. The van der Waals surface area contributed by atoms with Crippen molar-refractivity contribution in [1.82, 2.24) is 25.2 Å². The number of fused-ring (bicyclic) bond motifs is 1. The summed E-state index contributed by atoms with van der Waals surface area (Å²) in [6.07, 6.45) is 0. The zero-order valence-electron chi connectivity index (χ0n) is 11.4. The van der Waals surface area contributed by atoms with Gasteiger partial charge < -0.3 is 20.0 Å². The Hall–Kier alpha value is -2.38. The van der Waals surface area contributed by atoms with Crippen molar-refractivity contribution in [3.63, 3.8) is 0 Å². The van der Waals surface area contributed by atoms with Crippen LogP contribution in [-0.4, -0.2) is 52.1 Å². The van der Waals surface area contributed by atoms with Crippen molar-refractivity contribution in [2.45, 2.75) is 13.8 Å². The molecule has 1 aliphatic heterocycles. The molecule has 0 atom stereocenters. The average molecular weight is 276 g/mol. The molecule has 0 saturated carbocycles. The molecule has 8 nitrogen and oxygen atoms in total. The molecule has 3 rings (SSSR count). The number of carbonyl (C=O) groups is 1. The second kappa shape index (κ2) is 4.95. The van der Waals surface area contributed by atoms with Gasteiger partial charge in [0.1, 0.15) is 5.82 Å². The van der Waals surface area contributed by atoms with Crippen LogP contribution in [0.25, 0.3) is 11.2 Å². The fourth-order valence-corrected chi connectivity index (χ4v) is 2.19. The van der Waals surface area contributed by atoms with E-state index < -0.39 is 0 Å². The molecule has 1 saturated heterocycles. The van der Waals surface area contributed by atoms with Crippen LogP contribution in [0.1, 0.15) is 11.7 Å². The van der Waals surface area contributed by atoms with Gasteiger partial charge in [-0.3, -0.25) is 0 Å². The van der Waals surface area contributed by atoms with Gasteiger partial charge >= 0.3 is 6.03 Å². The standard InChI is InChI=1S/C12H16N6O2/c1-7-15-10(9-11(16-7)20-8(2)17-9)13-3-5-18-6-4-14-12(18)19/h3-6H2,1-2H3,(H,14,19)(H,13,15,16). The summed E-state index contributed by atoms with van der Waals surface area (Å²) in [5.74, 6) is 1.82. The van der Waals surface area contributed by atoms with E-state index in [0.717, 1.165) is 6.54 Å². The smallest absolute Gasteiger partial charge is 0.317 e. The van der Waals surface area contributed by atoms with E-state index in [4.69, 9.17) is 4.42 Å². The van der Waals surface area contributed by atoms with E-state index in [1.165, 1.54) is 0 Å². The highest BCUT2D eigenvalue weighted by Crippen LogP contribution is 2.20. The van der Waals surface area contributed by atoms with Gasteiger partial charge in [0, 0.05) is 33.1 Å². The number of amides is 2. The van der Waals surface area contributed by atoms with Crippen molar-refractivity contribution in [1.29, 1.82) is 0 Å². The molecule has 2 N–H and O–H groups in total. The number of hydrogen-bond donors (Lipinski definition) is 2. The average Bonchev–Trinajstić information content (AvgIpc) is 2.95. The summed E-state index contributed by atoms with van der Waals surface area (Å²) >= 11 is 0. The third kappa shape index (κ3) is 2.36. The Morgan fingerprint density at radius 2 is 2.20 bits per heavy atom. The molecule has 8 heteroatoms. The summed E-state index contributed by atoms with van der Waals surface area (Å²) < 4.78 is 5.41. The van der Waals surface area contributed by atoms with E-state index in [1.54, 1.807) is 18.7 Å². The van der Waals surface area contributed by atoms with Crippen LogP contribution in [0.15, 0.2) is 4.42 Å². The van der Waals surface area contributed by atoms with Gasteiger partial charge in [-0.05, 0) is 6.92 Å². The molecular weight excluding hydrogens is 260 g/mol. The van der Waals surface area contributed by atoms with Crippen LogP contribution in [0.3, 0.4) is 0 Å². The summed E-state index contributed by atoms with van der Waals surface area (Å²) in [5, 5.41) is 5.96. The normalized spacial score (nSPS) is 14.9. The van der Waals surface area contributed by atoms with Crippen molar-refractivity contribution in [2.24, 2.45) is 0 Å². The number of nitrogens with one attached hydrogen (secondary N) is 2. The largest absolute Gasteiger partial charge is 0.422 e. The molecule has 106 valence electrons. The summed E-state index contributed by atoms with van der Waals surface area (Å²) in [7, 11) is 0. The number of aryl methyl sites for hydroxylation is 2. The van der Waals surface area contributed by atoms with Crippen LogP contribution in [0, 0.1) is 13.8 Å². The Kier molecular flexibility index (Phi) is 3.13. The highest BCUT2D eigenvalue weighted by Gasteiger charge is 2.19. The van der Waals surface area contributed by atoms with Gasteiger partial charge in [0.2, 0.25) is 0 Å². The molecule has 3 heterocycles. The SMILES string of the molecule is Cc1nc(NCCN2CCNC2=O)c2nc(C)oc2n1. The fourth-order valence-electron chi connectivity index (χ4n) is 2.19. The van der Waals surface area contributed by atoms with Crippen molar-refractivity contribution < 1.29 is 9.21 Å². The Bertz CT molecular complexity index is 653. The molecule has 2 aromatic heterocycles. The lowest BCUT2D eigenvalue weighted by atomic mass is 10.4. The van der Waals surface area contributed by atoms with Crippen LogP contribution in [0.5, 0.6) is 0 Å². The first-order valence-electron chi connectivity index (χ1n) is 6.52. The number of hydrogen-bond acceptors (Lipinski definition) is 6. The maximum Gasteiger partial charge on any atom is 0.317 e. The number of nitrogens with zero attached hydrogens (tertiary/aromatic N) is 4. The number of anilines is 1. The third-order valence-corrected chi connectivity index (χ3v) is 3.10. The molecule has 0 spiro atoms.